The zero-order valence-corrected chi connectivity index (χ0v) is 14.5. The van der Waals surface area contributed by atoms with Crippen LogP contribution >= 0.6 is 23.2 Å². The van der Waals surface area contributed by atoms with Crippen LogP contribution in [0.5, 0.6) is 5.75 Å². The van der Waals surface area contributed by atoms with Crippen molar-refractivity contribution in [2.24, 2.45) is 0 Å². The molecule has 2 aromatic carbocycles. The van der Waals surface area contributed by atoms with Crippen LogP contribution in [0, 0.1) is 0 Å². The predicted octanol–water partition coefficient (Wildman–Crippen LogP) is 4.97. The van der Waals surface area contributed by atoms with E-state index in [2.05, 4.69) is 6.92 Å². The standard InChI is InChI=1S/C18H15Cl2NO3/c1-2-3-8-24-12-6-4-11(5-7-12)21-17(22)13-9-15(19)16(20)10-14(13)18(21)23/h4-7,9-10H,2-3,8H2,1H3. The number of hydrogen-bond acceptors (Lipinski definition) is 3. The molecule has 1 aliphatic heterocycles. The van der Waals surface area contributed by atoms with Gasteiger partial charge in [0, 0.05) is 0 Å². The van der Waals surface area contributed by atoms with Crippen molar-refractivity contribution < 1.29 is 14.3 Å². The van der Waals surface area contributed by atoms with E-state index in [1.165, 1.54) is 12.1 Å². The van der Waals surface area contributed by atoms with Crippen LogP contribution in [-0.2, 0) is 0 Å². The van der Waals surface area contributed by atoms with Crippen LogP contribution in [0.4, 0.5) is 5.69 Å². The molecule has 0 bridgehead atoms. The number of benzene rings is 2. The highest BCUT2D eigenvalue weighted by Crippen LogP contribution is 2.34. The minimum absolute atomic E-state index is 0.248. The molecule has 1 aliphatic rings. The quantitative estimate of drug-likeness (QED) is 0.556. The smallest absolute Gasteiger partial charge is 0.266 e. The van der Waals surface area contributed by atoms with Gasteiger partial charge in [0.2, 0.25) is 0 Å². The molecule has 0 saturated heterocycles. The molecule has 0 fully saturated rings. The summed E-state index contributed by atoms with van der Waals surface area (Å²) in [5, 5.41) is 0.496. The number of ether oxygens (including phenoxy) is 1. The Morgan fingerprint density at radius 3 is 2.00 bits per heavy atom. The fourth-order valence-electron chi connectivity index (χ4n) is 2.49. The molecule has 0 radical (unpaired) electrons. The molecule has 0 saturated carbocycles. The maximum Gasteiger partial charge on any atom is 0.266 e. The highest BCUT2D eigenvalue weighted by atomic mass is 35.5. The van der Waals surface area contributed by atoms with Crippen LogP contribution in [0.2, 0.25) is 10.0 Å². The van der Waals surface area contributed by atoms with E-state index >= 15 is 0 Å². The summed E-state index contributed by atoms with van der Waals surface area (Å²) in [4.78, 5) is 26.2. The van der Waals surface area contributed by atoms with Crippen molar-refractivity contribution in [2.45, 2.75) is 19.8 Å². The first-order valence-corrected chi connectivity index (χ1v) is 8.39. The number of anilines is 1. The fraction of sp³-hybridized carbons (Fsp3) is 0.222. The van der Waals surface area contributed by atoms with E-state index in [0.29, 0.717) is 18.0 Å². The minimum Gasteiger partial charge on any atom is -0.494 e. The van der Waals surface area contributed by atoms with Gasteiger partial charge < -0.3 is 4.74 Å². The van der Waals surface area contributed by atoms with E-state index in [1.54, 1.807) is 24.3 Å². The van der Waals surface area contributed by atoms with Crippen LogP contribution in [0.3, 0.4) is 0 Å². The molecular weight excluding hydrogens is 349 g/mol. The summed E-state index contributed by atoms with van der Waals surface area (Å²) in [6.07, 6.45) is 2.03. The van der Waals surface area contributed by atoms with E-state index in [4.69, 9.17) is 27.9 Å². The lowest BCUT2D eigenvalue weighted by Gasteiger charge is -2.14. The molecule has 124 valence electrons. The van der Waals surface area contributed by atoms with Gasteiger partial charge in [-0.05, 0) is 42.8 Å². The first-order chi connectivity index (χ1) is 11.5. The molecule has 0 unspecified atom stereocenters. The summed E-state index contributed by atoms with van der Waals surface area (Å²) in [7, 11) is 0. The van der Waals surface area contributed by atoms with Crippen LogP contribution in [-0.4, -0.2) is 18.4 Å². The van der Waals surface area contributed by atoms with Crippen molar-refractivity contribution in [1.82, 2.24) is 0 Å². The molecule has 0 spiro atoms. The molecule has 0 N–H and O–H groups in total. The van der Waals surface area contributed by atoms with E-state index in [9.17, 15) is 9.59 Å². The van der Waals surface area contributed by atoms with Crippen molar-refractivity contribution >= 4 is 40.7 Å². The monoisotopic (exact) mass is 363 g/mol. The van der Waals surface area contributed by atoms with Gasteiger partial charge in [0.05, 0.1) is 33.5 Å². The number of amides is 2. The molecule has 1 heterocycles. The number of halogens is 2. The first-order valence-electron chi connectivity index (χ1n) is 7.63. The van der Waals surface area contributed by atoms with E-state index in [1.807, 2.05) is 0 Å². The molecule has 4 nitrogen and oxygen atoms in total. The zero-order chi connectivity index (χ0) is 17.3. The van der Waals surface area contributed by atoms with Gasteiger partial charge in [-0.25, -0.2) is 4.90 Å². The Kier molecular flexibility index (Phi) is 4.78. The molecule has 2 aromatic rings. The van der Waals surface area contributed by atoms with Crippen molar-refractivity contribution in [1.29, 1.82) is 0 Å². The summed E-state index contributed by atoms with van der Waals surface area (Å²) >= 11 is 11.9. The number of carbonyl (C=O) groups excluding carboxylic acids is 2. The van der Waals surface area contributed by atoms with E-state index in [-0.39, 0.29) is 21.2 Å². The number of unbranched alkanes of at least 4 members (excludes halogenated alkanes) is 1. The highest BCUT2D eigenvalue weighted by Gasteiger charge is 2.37. The van der Waals surface area contributed by atoms with Crippen molar-refractivity contribution in [2.75, 3.05) is 11.5 Å². The number of imide groups is 1. The number of carbonyl (C=O) groups is 2. The molecule has 0 atom stereocenters. The Labute approximate surface area is 149 Å². The van der Waals surface area contributed by atoms with Gasteiger partial charge in [-0.2, -0.15) is 0 Å². The largest absolute Gasteiger partial charge is 0.494 e. The molecule has 0 aliphatic carbocycles. The van der Waals surface area contributed by atoms with Crippen LogP contribution in [0.15, 0.2) is 36.4 Å². The van der Waals surface area contributed by atoms with Gasteiger partial charge in [0.1, 0.15) is 5.75 Å². The van der Waals surface area contributed by atoms with Gasteiger partial charge in [-0.1, -0.05) is 36.5 Å². The summed E-state index contributed by atoms with van der Waals surface area (Å²) in [5.41, 5.74) is 1.01. The second-order valence-electron chi connectivity index (χ2n) is 5.45. The third-order valence-electron chi connectivity index (χ3n) is 3.79. The van der Waals surface area contributed by atoms with E-state index in [0.717, 1.165) is 17.7 Å². The van der Waals surface area contributed by atoms with Gasteiger partial charge >= 0.3 is 0 Å². The molecule has 2 amide bonds. The van der Waals surface area contributed by atoms with Gasteiger partial charge in [0.25, 0.3) is 11.8 Å². The lowest BCUT2D eigenvalue weighted by atomic mass is 10.1. The molecule has 6 heteroatoms. The van der Waals surface area contributed by atoms with Crippen molar-refractivity contribution in [3.63, 3.8) is 0 Å². The lowest BCUT2D eigenvalue weighted by molar-refractivity contribution is 0.0926. The summed E-state index contributed by atoms with van der Waals surface area (Å²) in [6.45, 7) is 2.73. The molecule has 3 rings (SSSR count). The Bertz CT molecular complexity index is 762. The molecule has 24 heavy (non-hydrogen) atoms. The summed E-state index contributed by atoms with van der Waals surface area (Å²) in [5.74, 6) is -0.115. The number of nitrogens with zero attached hydrogens (tertiary/aromatic N) is 1. The lowest BCUT2D eigenvalue weighted by Crippen LogP contribution is -2.29. The normalized spacial score (nSPS) is 13.4. The van der Waals surface area contributed by atoms with Gasteiger partial charge in [0.15, 0.2) is 0 Å². The van der Waals surface area contributed by atoms with Crippen molar-refractivity contribution in [3.8, 4) is 5.75 Å². The number of rotatable bonds is 5. The topological polar surface area (TPSA) is 46.6 Å². The number of fused-ring (bicyclic) bond motifs is 1. The van der Waals surface area contributed by atoms with Crippen molar-refractivity contribution in [3.05, 3.63) is 57.6 Å². The average molecular weight is 364 g/mol. The van der Waals surface area contributed by atoms with Gasteiger partial charge in [-0.3, -0.25) is 9.59 Å². The molecule has 0 aromatic heterocycles. The third-order valence-corrected chi connectivity index (χ3v) is 4.51. The first kappa shape index (κ1) is 16.8. The van der Waals surface area contributed by atoms with Gasteiger partial charge in [-0.15, -0.1) is 0 Å². The van der Waals surface area contributed by atoms with Crippen LogP contribution in [0.25, 0.3) is 0 Å². The second kappa shape index (κ2) is 6.83. The van der Waals surface area contributed by atoms with Crippen LogP contribution in [0.1, 0.15) is 40.5 Å². The fourth-order valence-corrected chi connectivity index (χ4v) is 2.82. The Hall–Kier alpha value is -2.04. The average Bonchev–Trinajstić information content (AvgIpc) is 2.80. The minimum atomic E-state index is -0.409. The van der Waals surface area contributed by atoms with E-state index < -0.39 is 11.8 Å². The Morgan fingerprint density at radius 2 is 1.50 bits per heavy atom. The molecular formula is C18H15Cl2NO3. The second-order valence-corrected chi connectivity index (χ2v) is 6.27. The zero-order valence-electron chi connectivity index (χ0n) is 13.0. The third kappa shape index (κ3) is 2.99. The van der Waals surface area contributed by atoms with Crippen LogP contribution < -0.4 is 9.64 Å². The maximum atomic E-state index is 12.5. The summed E-state index contributed by atoms with van der Waals surface area (Å²) in [6, 6.07) is 9.73. The Morgan fingerprint density at radius 1 is 0.958 bits per heavy atom. The SMILES string of the molecule is CCCCOc1ccc(N2C(=O)c3cc(Cl)c(Cl)cc3C2=O)cc1. The Balaban J connectivity index is 1.85. The summed E-state index contributed by atoms with van der Waals surface area (Å²) < 4.78 is 5.59. The number of hydrogen-bond donors (Lipinski definition) is 0. The predicted molar refractivity (Wildman–Crippen MR) is 94.4 cm³/mol. The maximum absolute atomic E-state index is 12.5. The highest BCUT2D eigenvalue weighted by molar-refractivity contribution is 6.44.